The second-order valence-electron chi connectivity index (χ2n) is 4.24. The number of carbonyl (C=O) groups excluding carboxylic acids is 1. The van der Waals surface area contributed by atoms with E-state index in [0.29, 0.717) is 5.82 Å². The van der Waals surface area contributed by atoms with Crippen molar-refractivity contribution in [3.05, 3.63) is 24.1 Å². The van der Waals surface area contributed by atoms with Gasteiger partial charge in [-0.1, -0.05) is 6.07 Å². The SMILES string of the molecule is CC(Nc1cccc(F)n1)C(=O)N1CCCC1. The number of aromatic nitrogens is 1. The Morgan fingerprint density at radius 3 is 2.82 bits per heavy atom. The minimum absolute atomic E-state index is 0.0496. The highest BCUT2D eigenvalue weighted by Gasteiger charge is 2.23. The highest BCUT2D eigenvalue weighted by Crippen LogP contribution is 2.11. The molecule has 0 radical (unpaired) electrons. The summed E-state index contributed by atoms with van der Waals surface area (Å²) in [6.45, 7) is 3.41. The summed E-state index contributed by atoms with van der Waals surface area (Å²) in [5, 5.41) is 2.92. The molecule has 1 aromatic heterocycles. The monoisotopic (exact) mass is 237 g/mol. The molecule has 0 saturated carbocycles. The summed E-state index contributed by atoms with van der Waals surface area (Å²) in [5.74, 6) is -0.102. The summed E-state index contributed by atoms with van der Waals surface area (Å²) < 4.78 is 12.9. The third-order valence-corrected chi connectivity index (χ3v) is 2.87. The molecule has 1 N–H and O–H groups in total. The number of hydrogen-bond donors (Lipinski definition) is 1. The lowest BCUT2D eigenvalue weighted by Gasteiger charge is -2.21. The first-order valence-electron chi connectivity index (χ1n) is 5.85. The van der Waals surface area contributed by atoms with Crippen LogP contribution in [-0.2, 0) is 4.79 Å². The van der Waals surface area contributed by atoms with Crippen molar-refractivity contribution in [1.29, 1.82) is 0 Å². The Kier molecular flexibility index (Phi) is 3.56. The molecule has 92 valence electrons. The molecule has 2 rings (SSSR count). The fourth-order valence-electron chi connectivity index (χ4n) is 1.98. The van der Waals surface area contributed by atoms with E-state index in [9.17, 15) is 9.18 Å². The molecule has 0 spiro atoms. The highest BCUT2D eigenvalue weighted by molar-refractivity contribution is 5.84. The highest BCUT2D eigenvalue weighted by atomic mass is 19.1. The molecule has 0 aromatic carbocycles. The van der Waals surface area contributed by atoms with Gasteiger partial charge in [0.1, 0.15) is 11.9 Å². The van der Waals surface area contributed by atoms with E-state index in [1.54, 1.807) is 19.1 Å². The van der Waals surface area contributed by atoms with Crippen LogP contribution in [0.5, 0.6) is 0 Å². The molecule has 2 heterocycles. The maximum absolute atomic E-state index is 12.9. The van der Waals surface area contributed by atoms with Crippen LogP contribution in [0.25, 0.3) is 0 Å². The predicted octanol–water partition coefficient (Wildman–Crippen LogP) is 1.64. The van der Waals surface area contributed by atoms with Crippen LogP contribution in [0.15, 0.2) is 18.2 Å². The minimum Gasteiger partial charge on any atom is -0.359 e. The second kappa shape index (κ2) is 5.12. The molecular formula is C12H16FN3O. The predicted molar refractivity (Wildman–Crippen MR) is 63.1 cm³/mol. The Morgan fingerprint density at radius 2 is 2.18 bits per heavy atom. The molecule has 1 amide bonds. The fraction of sp³-hybridized carbons (Fsp3) is 0.500. The number of likely N-dealkylation sites (tertiary alicyclic amines) is 1. The third-order valence-electron chi connectivity index (χ3n) is 2.87. The maximum Gasteiger partial charge on any atom is 0.244 e. The summed E-state index contributed by atoms with van der Waals surface area (Å²) in [5.41, 5.74) is 0. The van der Waals surface area contributed by atoms with E-state index in [1.165, 1.54) is 6.07 Å². The first-order chi connectivity index (χ1) is 8.16. The summed E-state index contributed by atoms with van der Waals surface area (Å²) in [4.78, 5) is 17.5. The molecule has 1 atom stereocenters. The molecule has 1 aliphatic rings. The molecule has 1 aromatic rings. The lowest BCUT2D eigenvalue weighted by Crippen LogP contribution is -2.39. The number of amides is 1. The van der Waals surface area contributed by atoms with E-state index >= 15 is 0 Å². The molecular weight excluding hydrogens is 221 g/mol. The van der Waals surface area contributed by atoms with E-state index in [1.807, 2.05) is 4.90 Å². The van der Waals surface area contributed by atoms with E-state index in [4.69, 9.17) is 0 Å². The lowest BCUT2D eigenvalue weighted by molar-refractivity contribution is -0.130. The van der Waals surface area contributed by atoms with Crippen LogP contribution < -0.4 is 5.32 Å². The van der Waals surface area contributed by atoms with Crippen molar-refractivity contribution < 1.29 is 9.18 Å². The van der Waals surface area contributed by atoms with E-state index in [2.05, 4.69) is 10.3 Å². The fourth-order valence-corrected chi connectivity index (χ4v) is 1.98. The summed E-state index contributed by atoms with van der Waals surface area (Å²) >= 11 is 0. The van der Waals surface area contributed by atoms with Crippen LogP contribution in [-0.4, -0.2) is 34.9 Å². The van der Waals surface area contributed by atoms with E-state index < -0.39 is 5.95 Å². The number of nitrogens with one attached hydrogen (secondary N) is 1. The van der Waals surface area contributed by atoms with Gasteiger partial charge in [-0.25, -0.2) is 4.98 Å². The Bertz CT molecular complexity index is 404. The van der Waals surface area contributed by atoms with Crippen LogP contribution in [0.2, 0.25) is 0 Å². The Balaban J connectivity index is 1.96. The first kappa shape index (κ1) is 11.8. The number of rotatable bonds is 3. The largest absolute Gasteiger partial charge is 0.359 e. The van der Waals surface area contributed by atoms with Crippen LogP contribution >= 0.6 is 0 Å². The van der Waals surface area contributed by atoms with Crippen molar-refractivity contribution in [2.75, 3.05) is 18.4 Å². The van der Waals surface area contributed by atoms with Gasteiger partial charge in [0, 0.05) is 13.1 Å². The minimum atomic E-state index is -0.546. The molecule has 1 saturated heterocycles. The maximum atomic E-state index is 12.9. The van der Waals surface area contributed by atoms with Crippen LogP contribution in [0.3, 0.4) is 0 Å². The van der Waals surface area contributed by atoms with Gasteiger partial charge in [0.2, 0.25) is 11.9 Å². The average molecular weight is 237 g/mol. The van der Waals surface area contributed by atoms with E-state index in [-0.39, 0.29) is 11.9 Å². The van der Waals surface area contributed by atoms with Gasteiger partial charge in [-0.15, -0.1) is 0 Å². The summed E-state index contributed by atoms with van der Waals surface area (Å²) in [6, 6.07) is 4.12. The normalized spacial score (nSPS) is 16.9. The van der Waals surface area contributed by atoms with E-state index in [0.717, 1.165) is 25.9 Å². The Morgan fingerprint density at radius 1 is 1.47 bits per heavy atom. The van der Waals surface area contributed by atoms with Gasteiger partial charge in [0.05, 0.1) is 0 Å². The number of anilines is 1. The smallest absolute Gasteiger partial charge is 0.244 e. The molecule has 1 fully saturated rings. The van der Waals surface area contributed by atoms with Crippen molar-refractivity contribution in [2.24, 2.45) is 0 Å². The van der Waals surface area contributed by atoms with Crippen molar-refractivity contribution in [1.82, 2.24) is 9.88 Å². The topological polar surface area (TPSA) is 45.2 Å². The second-order valence-corrected chi connectivity index (χ2v) is 4.24. The zero-order valence-electron chi connectivity index (χ0n) is 9.82. The van der Waals surface area contributed by atoms with Crippen LogP contribution in [0.4, 0.5) is 10.2 Å². The third kappa shape index (κ3) is 2.93. The van der Waals surface area contributed by atoms with Gasteiger partial charge < -0.3 is 10.2 Å². The molecule has 0 bridgehead atoms. The number of pyridine rings is 1. The zero-order valence-corrected chi connectivity index (χ0v) is 9.82. The van der Waals surface area contributed by atoms with Gasteiger partial charge in [-0.2, -0.15) is 4.39 Å². The lowest BCUT2D eigenvalue weighted by atomic mass is 10.3. The van der Waals surface area contributed by atoms with Gasteiger partial charge in [-0.3, -0.25) is 4.79 Å². The molecule has 4 nitrogen and oxygen atoms in total. The van der Waals surface area contributed by atoms with Crippen molar-refractivity contribution >= 4 is 11.7 Å². The van der Waals surface area contributed by atoms with Crippen molar-refractivity contribution in [2.45, 2.75) is 25.8 Å². The number of halogens is 1. The van der Waals surface area contributed by atoms with Gasteiger partial charge >= 0.3 is 0 Å². The summed E-state index contributed by atoms with van der Waals surface area (Å²) in [7, 11) is 0. The van der Waals surface area contributed by atoms with Crippen LogP contribution in [0, 0.1) is 5.95 Å². The molecule has 1 unspecified atom stereocenters. The van der Waals surface area contributed by atoms with Crippen LogP contribution in [0.1, 0.15) is 19.8 Å². The summed E-state index contributed by atoms with van der Waals surface area (Å²) in [6.07, 6.45) is 2.13. The van der Waals surface area contributed by atoms with Crippen molar-refractivity contribution in [3.8, 4) is 0 Å². The quantitative estimate of drug-likeness (QED) is 0.813. The number of carbonyl (C=O) groups is 1. The van der Waals surface area contributed by atoms with Gasteiger partial charge in [0.25, 0.3) is 0 Å². The molecule has 17 heavy (non-hydrogen) atoms. The standard InChI is InChI=1S/C12H16FN3O/c1-9(12(17)16-7-2-3-8-16)14-11-6-4-5-10(13)15-11/h4-6,9H,2-3,7-8H2,1H3,(H,14,15). The molecule has 5 heteroatoms. The Hall–Kier alpha value is -1.65. The molecule has 0 aliphatic carbocycles. The molecule has 1 aliphatic heterocycles. The van der Waals surface area contributed by atoms with Crippen molar-refractivity contribution in [3.63, 3.8) is 0 Å². The zero-order chi connectivity index (χ0) is 12.3. The Labute approximate surface area is 99.8 Å². The van der Waals surface area contributed by atoms with Gasteiger partial charge in [-0.05, 0) is 31.9 Å². The van der Waals surface area contributed by atoms with Gasteiger partial charge in [0.15, 0.2) is 0 Å². The first-order valence-corrected chi connectivity index (χ1v) is 5.85. The number of nitrogens with zero attached hydrogens (tertiary/aromatic N) is 2. The number of hydrogen-bond acceptors (Lipinski definition) is 3. The average Bonchev–Trinajstić information content (AvgIpc) is 2.81.